The summed E-state index contributed by atoms with van der Waals surface area (Å²) in [6.45, 7) is 0. The van der Waals surface area contributed by atoms with Gasteiger partial charge in [-0.05, 0) is 29.8 Å². The first-order valence-electron chi connectivity index (χ1n) is 7.01. The van der Waals surface area contributed by atoms with E-state index >= 15 is 0 Å². The van der Waals surface area contributed by atoms with E-state index < -0.39 is 0 Å². The van der Waals surface area contributed by atoms with Crippen molar-refractivity contribution in [1.82, 2.24) is 15.2 Å². The molecule has 0 spiro atoms. The summed E-state index contributed by atoms with van der Waals surface area (Å²) >= 11 is 5.88. The van der Waals surface area contributed by atoms with Crippen LogP contribution in [0.2, 0.25) is 5.02 Å². The van der Waals surface area contributed by atoms with Crippen LogP contribution in [0.3, 0.4) is 0 Å². The van der Waals surface area contributed by atoms with Gasteiger partial charge < -0.3 is 4.74 Å². The third-order valence-corrected chi connectivity index (χ3v) is 3.65. The first-order valence-corrected chi connectivity index (χ1v) is 7.38. The highest BCUT2D eigenvalue weighted by molar-refractivity contribution is 6.30. The Labute approximate surface area is 137 Å². The molecule has 1 heterocycles. The van der Waals surface area contributed by atoms with Crippen LogP contribution in [0.25, 0.3) is 11.4 Å². The standard InChI is InChI=1S/C17H14ClN3O2/c1-23-15-5-3-2-4-13(15)16-19-14(17(22)21-20-16)10-11-6-8-12(18)9-7-11/h2-9H,10H2,1H3,(H,21,22). The Morgan fingerprint density at radius 1 is 1.13 bits per heavy atom. The number of nitrogens with one attached hydrogen (secondary N) is 1. The van der Waals surface area contributed by atoms with E-state index in [1.807, 2.05) is 36.4 Å². The Morgan fingerprint density at radius 2 is 1.87 bits per heavy atom. The number of halogens is 1. The molecule has 0 atom stereocenters. The highest BCUT2D eigenvalue weighted by Crippen LogP contribution is 2.26. The molecule has 0 aliphatic heterocycles. The largest absolute Gasteiger partial charge is 0.496 e. The predicted molar refractivity (Wildman–Crippen MR) is 88.9 cm³/mol. The van der Waals surface area contributed by atoms with Crippen molar-refractivity contribution < 1.29 is 4.74 Å². The van der Waals surface area contributed by atoms with Crippen LogP contribution in [-0.2, 0) is 6.42 Å². The zero-order valence-electron chi connectivity index (χ0n) is 12.4. The molecular formula is C17H14ClN3O2. The summed E-state index contributed by atoms with van der Waals surface area (Å²) < 4.78 is 5.31. The Hall–Kier alpha value is -2.66. The molecule has 3 aromatic rings. The van der Waals surface area contributed by atoms with Gasteiger partial charge in [0, 0.05) is 11.4 Å². The lowest BCUT2D eigenvalue weighted by Gasteiger charge is -2.07. The molecule has 3 rings (SSSR count). The smallest absolute Gasteiger partial charge is 0.286 e. The van der Waals surface area contributed by atoms with E-state index in [0.717, 1.165) is 11.1 Å². The van der Waals surface area contributed by atoms with Crippen LogP contribution in [0.1, 0.15) is 11.3 Å². The normalized spacial score (nSPS) is 10.5. The Bertz CT molecular complexity index is 876. The van der Waals surface area contributed by atoms with Crippen LogP contribution < -0.4 is 10.3 Å². The highest BCUT2D eigenvalue weighted by atomic mass is 35.5. The Kier molecular flexibility index (Phi) is 4.39. The minimum Gasteiger partial charge on any atom is -0.496 e. The molecule has 2 aromatic carbocycles. The number of benzene rings is 2. The topological polar surface area (TPSA) is 67.9 Å². The van der Waals surface area contributed by atoms with Gasteiger partial charge in [0.1, 0.15) is 11.4 Å². The van der Waals surface area contributed by atoms with Crippen LogP contribution in [-0.4, -0.2) is 22.3 Å². The molecule has 0 aliphatic rings. The molecule has 0 aliphatic carbocycles. The second-order valence-corrected chi connectivity index (χ2v) is 5.37. The van der Waals surface area contributed by atoms with E-state index in [1.165, 1.54) is 0 Å². The minimum absolute atomic E-state index is 0.307. The maximum atomic E-state index is 12.0. The van der Waals surface area contributed by atoms with Crippen molar-refractivity contribution in [3.05, 3.63) is 75.2 Å². The van der Waals surface area contributed by atoms with Gasteiger partial charge in [-0.3, -0.25) is 4.79 Å². The van der Waals surface area contributed by atoms with Crippen LogP contribution >= 0.6 is 11.6 Å². The number of hydrogen-bond donors (Lipinski definition) is 1. The lowest BCUT2D eigenvalue weighted by molar-refractivity contribution is 0.416. The lowest BCUT2D eigenvalue weighted by Crippen LogP contribution is -2.18. The second-order valence-electron chi connectivity index (χ2n) is 4.94. The zero-order valence-corrected chi connectivity index (χ0v) is 13.2. The van der Waals surface area contributed by atoms with Gasteiger partial charge in [0.15, 0.2) is 5.82 Å². The number of aromatic amines is 1. The summed E-state index contributed by atoms with van der Waals surface area (Å²) in [7, 11) is 1.58. The van der Waals surface area contributed by atoms with Crippen LogP contribution in [0.5, 0.6) is 5.75 Å². The molecule has 0 fully saturated rings. The third-order valence-electron chi connectivity index (χ3n) is 3.40. The van der Waals surface area contributed by atoms with Gasteiger partial charge in [-0.15, -0.1) is 0 Å². The summed E-state index contributed by atoms with van der Waals surface area (Å²) in [5.41, 5.74) is 1.76. The van der Waals surface area contributed by atoms with Crippen molar-refractivity contribution in [3.63, 3.8) is 0 Å². The number of methoxy groups -OCH3 is 1. The lowest BCUT2D eigenvalue weighted by atomic mass is 10.1. The van der Waals surface area contributed by atoms with Gasteiger partial charge in [-0.2, -0.15) is 5.10 Å². The molecule has 116 valence electrons. The fourth-order valence-electron chi connectivity index (χ4n) is 2.24. The van der Waals surface area contributed by atoms with Crippen molar-refractivity contribution in [3.8, 4) is 17.1 Å². The summed E-state index contributed by atoms with van der Waals surface area (Å²) in [5.74, 6) is 1.07. The van der Waals surface area contributed by atoms with Gasteiger partial charge in [-0.25, -0.2) is 10.1 Å². The number of nitrogens with zero attached hydrogens (tertiary/aromatic N) is 2. The van der Waals surface area contributed by atoms with Crippen LogP contribution in [0, 0.1) is 0 Å². The molecule has 0 saturated carbocycles. The molecule has 0 saturated heterocycles. The molecule has 0 radical (unpaired) electrons. The second kappa shape index (κ2) is 6.62. The first kappa shape index (κ1) is 15.2. The summed E-state index contributed by atoms with van der Waals surface area (Å²) in [5, 5.41) is 7.18. The van der Waals surface area contributed by atoms with Gasteiger partial charge in [-0.1, -0.05) is 35.9 Å². The fraction of sp³-hybridized carbons (Fsp3) is 0.118. The molecule has 1 N–H and O–H groups in total. The Balaban J connectivity index is 1.99. The number of aromatic nitrogens is 3. The summed E-state index contributed by atoms with van der Waals surface area (Å²) in [4.78, 5) is 16.4. The summed E-state index contributed by atoms with van der Waals surface area (Å²) in [6.07, 6.45) is 0.400. The van der Waals surface area contributed by atoms with Crippen molar-refractivity contribution in [1.29, 1.82) is 0 Å². The van der Waals surface area contributed by atoms with E-state index in [9.17, 15) is 4.79 Å². The molecule has 0 bridgehead atoms. The third kappa shape index (κ3) is 3.40. The highest BCUT2D eigenvalue weighted by Gasteiger charge is 2.11. The van der Waals surface area contributed by atoms with Crippen molar-refractivity contribution in [2.75, 3.05) is 7.11 Å². The fourth-order valence-corrected chi connectivity index (χ4v) is 2.36. The van der Waals surface area contributed by atoms with E-state index in [4.69, 9.17) is 16.3 Å². The van der Waals surface area contributed by atoms with E-state index in [1.54, 1.807) is 19.2 Å². The quantitative estimate of drug-likeness (QED) is 0.799. The molecule has 6 heteroatoms. The molecule has 0 unspecified atom stereocenters. The van der Waals surface area contributed by atoms with Gasteiger partial charge in [0.05, 0.1) is 12.7 Å². The Morgan fingerprint density at radius 3 is 2.61 bits per heavy atom. The minimum atomic E-state index is -0.307. The van der Waals surface area contributed by atoms with Crippen molar-refractivity contribution >= 4 is 11.6 Å². The molecule has 0 amide bonds. The number of ether oxygens (including phenoxy) is 1. The van der Waals surface area contributed by atoms with Crippen molar-refractivity contribution in [2.45, 2.75) is 6.42 Å². The van der Waals surface area contributed by atoms with Gasteiger partial charge in [0.2, 0.25) is 0 Å². The maximum Gasteiger partial charge on any atom is 0.286 e. The molecule has 5 nitrogen and oxygen atoms in total. The number of H-pyrrole nitrogens is 1. The van der Waals surface area contributed by atoms with E-state index in [0.29, 0.717) is 28.7 Å². The van der Waals surface area contributed by atoms with Gasteiger partial charge >= 0.3 is 0 Å². The number of rotatable bonds is 4. The number of para-hydroxylation sites is 1. The van der Waals surface area contributed by atoms with E-state index in [-0.39, 0.29) is 5.56 Å². The number of hydrogen-bond acceptors (Lipinski definition) is 4. The van der Waals surface area contributed by atoms with Crippen LogP contribution in [0.15, 0.2) is 53.3 Å². The maximum absolute atomic E-state index is 12.0. The monoisotopic (exact) mass is 327 g/mol. The van der Waals surface area contributed by atoms with Gasteiger partial charge in [0.25, 0.3) is 5.56 Å². The van der Waals surface area contributed by atoms with Crippen molar-refractivity contribution in [2.24, 2.45) is 0 Å². The average Bonchev–Trinajstić information content (AvgIpc) is 2.59. The SMILES string of the molecule is COc1ccccc1-c1n[nH]c(=O)c(Cc2ccc(Cl)cc2)n1. The van der Waals surface area contributed by atoms with E-state index in [2.05, 4.69) is 15.2 Å². The average molecular weight is 328 g/mol. The molecule has 23 heavy (non-hydrogen) atoms. The molecular weight excluding hydrogens is 314 g/mol. The molecule has 1 aromatic heterocycles. The zero-order chi connectivity index (χ0) is 16.2. The first-order chi connectivity index (χ1) is 11.2. The van der Waals surface area contributed by atoms with Crippen LogP contribution in [0.4, 0.5) is 0 Å². The predicted octanol–water partition coefficient (Wildman–Crippen LogP) is 3.08. The summed E-state index contributed by atoms with van der Waals surface area (Å²) in [6, 6.07) is 14.7.